The number of hydrogen-bond donors (Lipinski definition) is 1. The van der Waals surface area contributed by atoms with Gasteiger partial charge in [-0.05, 0) is 44.4 Å². The van der Waals surface area contributed by atoms with Gasteiger partial charge < -0.3 is 4.74 Å². The van der Waals surface area contributed by atoms with Crippen molar-refractivity contribution in [3.8, 4) is 0 Å². The first kappa shape index (κ1) is 16.9. The standard InChI is InChI=1S/C15H22BrNO3S/c1-11(2)17-21(18,19)15-7-8-20-10-13(15)9-12-3-5-14(16)6-4-12/h3-6,11,13,15,17H,7-10H2,1-2H3. The second kappa shape index (κ2) is 7.22. The van der Waals surface area contributed by atoms with E-state index in [1.165, 1.54) is 0 Å². The molecule has 1 aromatic rings. The van der Waals surface area contributed by atoms with Crippen molar-refractivity contribution in [1.29, 1.82) is 0 Å². The lowest BCUT2D eigenvalue weighted by Gasteiger charge is -2.32. The van der Waals surface area contributed by atoms with E-state index in [2.05, 4.69) is 20.7 Å². The zero-order valence-electron chi connectivity index (χ0n) is 12.4. The van der Waals surface area contributed by atoms with E-state index in [0.717, 1.165) is 16.5 Å². The Morgan fingerprint density at radius 1 is 1.33 bits per heavy atom. The van der Waals surface area contributed by atoms with Crippen LogP contribution in [0.25, 0.3) is 0 Å². The van der Waals surface area contributed by atoms with Crippen molar-refractivity contribution >= 4 is 26.0 Å². The lowest BCUT2D eigenvalue weighted by Crippen LogP contribution is -2.46. The van der Waals surface area contributed by atoms with Crippen LogP contribution < -0.4 is 4.72 Å². The summed E-state index contributed by atoms with van der Waals surface area (Å²) in [5.41, 5.74) is 1.14. The smallest absolute Gasteiger partial charge is 0.215 e. The van der Waals surface area contributed by atoms with Crippen LogP contribution in [0.3, 0.4) is 0 Å². The van der Waals surface area contributed by atoms with Gasteiger partial charge in [0.25, 0.3) is 0 Å². The van der Waals surface area contributed by atoms with Crippen molar-refractivity contribution in [3.63, 3.8) is 0 Å². The monoisotopic (exact) mass is 375 g/mol. The fraction of sp³-hybridized carbons (Fsp3) is 0.600. The average molecular weight is 376 g/mol. The first-order chi connectivity index (χ1) is 9.88. The van der Waals surface area contributed by atoms with Crippen LogP contribution in [0.5, 0.6) is 0 Å². The van der Waals surface area contributed by atoms with Crippen molar-refractivity contribution in [3.05, 3.63) is 34.3 Å². The minimum absolute atomic E-state index is 0.00354. The summed E-state index contributed by atoms with van der Waals surface area (Å²) in [6, 6.07) is 7.94. The third-order valence-electron chi connectivity index (χ3n) is 3.61. The Hall–Kier alpha value is -0.430. The van der Waals surface area contributed by atoms with Crippen LogP contribution in [0, 0.1) is 5.92 Å². The molecule has 21 heavy (non-hydrogen) atoms. The van der Waals surface area contributed by atoms with E-state index in [0.29, 0.717) is 19.6 Å². The molecule has 1 fully saturated rings. The molecule has 0 radical (unpaired) electrons. The second-order valence-corrected chi connectivity index (χ2v) is 8.66. The third-order valence-corrected chi connectivity index (χ3v) is 6.36. The molecular formula is C15H22BrNO3S. The Labute approximate surface area is 135 Å². The van der Waals surface area contributed by atoms with Gasteiger partial charge in [0.2, 0.25) is 10.0 Å². The van der Waals surface area contributed by atoms with Gasteiger partial charge in [-0.25, -0.2) is 13.1 Å². The second-order valence-electron chi connectivity index (χ2n) is 5.81. The van der Waals surface area contributed by atoms with E-state index in [1.54, 1.807) is 0 Å². The van der Waals surface area contributed by atoms with Crippen molar-refractivity contribution in [2.24, 2.45) is 5.92 Å². The molecule has 1 saturated heterocycles. The fourth-order valence-corrected chi connectivity index (χ4v) is 4.90. The molecule has 0 spiro atoms. The molecule has 0 aliphatic carbocycles. The van der Waals surface area contributed by atoms with Gasteiger partial charge in [0, 0.05) is 23.0 Å². The maximum atomic E-state index is 12.5. The molecule has 118 valence electrons. The highest BCUT2D eigenvalue weighted by Crippen LogP contribution is 2.26. The molecule has 2 unspecified atom stereocenters. The summed E-state index contributed by atoms with van der Waals surface area (Å²) in [7, 11) is -3.30. The molecule has 2 atom stereocenters. The van der Waals surface area contributed by atoms with Crippen molar-refractivity contribution in [2.75, 3.05) is 13.2 Å². The van der Waals surface area contributed by atoms with Crippen LogP contribution in [-0.4, -0.2) is 32.9 Å². The Kier molecular flexibility index (Phi) is 5.82. The molecule has 1 N–H and O–H groups in total. The van der Waals surface area contributed by atoms with Crippen molar-refractivity contribution in [1.82, 2.24) is 4.72 Å². The van der Waals surface area contributed by atoms with Gasteiger partial charge in [0.15, 0.2) is 0 Å². The van der Waals surface area contributed by atoms with Gasteiger partial charge in [0.1, 0.15) is 0 Å². The fourth-order valence-electron chi connectivity index (χ4n) is 2.72. The van der Waals surface area contributed by atoms with Crippen molar-refractivity contribution < 1.29 is 13.2 Å². The van der Waals surface area contributed by atoms with E-state index in [1.807, 2.05) is 38.1 Å². The molecule has 1 aliphatic rings. The first-order valence-corrected chi connectivity index (χ1v) is 9.56. The van der Waals surface area contributed by atoms with E-state index < -0.39 is 10.0 Å². The van der Waals surface area contributed by atoms with Crippen LogP contribution >= 0.6 is 15.9 Å². The number of sulfonamides is 1. The van der Waals surface area contributed by atoms with Crippen LogP contribution in [-0.2, 0) is 21.2 Å². The highest BCUT2D eigenvalue weighted by molar-refractivity contribution is 9.10. The topological polar surface area (TPSA) is 55.4 Å². The van der Waals surface area contributed by atoms with E-state index in [9.17, 15) is 8.42 Å². The van der Waals surface area contributed by atoms with Crippen LogP contribution in [0.1, 0.15) is 25.8 Å². The van der Waals surface area contributed by atoms with E-state index in [4.69, 9.17) is 4.74 Å². The molecule has 0 aromatic heterocycles. The summed E-state index contributed by atoms with van der Waals surface area (Å²) in [4.78, 5) is 0. The third kappa shape index (κ3) is 4.77. The van der Waals surface area contributed by atoms with Crippen LogP contribution in [0.2, 0.25) is 0 Å². The van der Waals surface area contributed by atoms with Crippen LogP contribution in [0.15, 0.2) is 28.7 Å². The molecule has 1 aliphatic heterocycles. The predicted molar refractivity (Wildman–Crippen MR) is 87.8 cm³/mol. The normalized spacial score (nSPS) is 23.4. The molecule has 0 bridgehead atoms. The highest BCUT2D eigenvalue weighted by Gasteiger charge is 2.36. The van der Waals surface area contributed by atoms with Gasteiger partial charge in [-0.3, -0.25) is 0 Å². The summed E-state index contributed by atoms with van der Waals surface area (Å²) in [5, 5.41) is -0.378. The van der Waals surface area contributed by atoms with Gasteiger partial charge in [-0.15, -0.1) is 0 Å². The van der Waals surface area contributed by atoms with Crippen molar-refractivity contribution in [2.45, 2.75) is 38.0 Å². The highest BCUT2D eigenvalue weighted by atomic mass is 79.9. The quantitative estimate of drug-likeness (QED) is 0.860. The minimum atomic E-state index is -3.30. The first-order valence-electron chi connectivity index (χ1n) is 7.22. The maximum absolute atomic E-state index is 12.5. The van der Waals surface area contributed by atoms with E-state index in [-0.39, 0.29) is 17.2 Å². The SMILES string of the molecule is CC(C)NS(=O)(=O)C1CCOCC1Cc1ccc(Br)cc1. The molecular weight excluding hydrogens is 354 g/mol. The molecule has 0 saturated carbocycles. The molecule has 1 heterocycles. The number of hydrogen-bond acceptors (Lipinski definition) is 3. The Morgan fingerprint density at radius 3 is 2.62 bits per heavy atom. The molecule has 6 heteroatoms. The number of ether oxygens (including phenoxy) is 1. The molecule has 4 nitrogen and oxygen atoms in total. The molecule has 1 aromatic carbocycles. The zero-order valence-corrected chi connectivity index (χ0v) is 14.8. The average Bonchev–Trinajstić information content (AvgIpc) is 2.40. The van der Waals surface area contributed by atoms with Gasteiger partial charge >= 0.3 is 0 Å². The number of rotatable bonds is 5. The van der Waals surface area contributed by atoms with Crippen LogP contribution in [0.4, 0.5) is 0 Å². The predicted octanol–water partition coefficient (Wildman–Crippen LogP) is 2.72. The lowest BCUT2D eigenvalue weighted by atomic mass is 9.94. The summed E-state index contributed by atoms with van der Waals surface area (Å²) in [5.74, 6) is -0.00354. The summed E-state index contributed by atoms with van der Waals surface area (Å²) < 4.78 is 34.2. The Bertz CT molecular complexity index is 557. The Morgan fingerprint density at radius 2 is 2.00 bits per heavy atom. The lowest BCUT2D eigenvalue weighted by molar-refractivity contribution is 0.0569. The summed E-state index contributed by atoms with van der Waals surface area (Å²) in [6.07, 6.45) is 1.28. The molecule has 2 rings (SSSR count). The maximum Gasteiger partial charge on any atom is 0.215 e. The summed E-state index contributed by atoms with van der Waals surface area (Å²) in [6.45, 7) is 4.71. The van der Waals surface area contributed by atoms with Gasteiger partial charge in [0.05, 0.1) is 11.9 Å². The van der Waals surface area contributed by atoms with Gasteiger partial charge in [-0.1, -0.05) is 28.1 Å². The van der Waals surface area contributed by atoms with E-state index >= 15 is 0 Å². The molecule has 0 amide bonds. The Balaban J connectivity index is 2.13. The number of nitrogens with one attached hydrogen (secondary N) is 1. The number of benzene rings is 1. The number of halogens is 1. The zero-order chi connectivity index (χ0) is 15.5. The summed E-state index contributed by atoms with van der Waals surface area (Å²) >= 11 is 3.41. The largest absolute Gasteiger partial charge is 0.381 e. The van der Waals surface area contributed by atoms with Gasteiger partial charge in [-0.2, -0.15) is 0 Å². The minimum Gasteiger partial charge on any atom is -0.381 e.